The molecule has 0 atom stereocenters. The van der Waals surface area contributed by atoms with Crippen LogP contribution in [0.2, 0.25) is 0 Å². The summed E-state index contributed by atoms with van der Waals surface area (Å²) in [6, 6.07) is 4.60. The van der Waals surface area contributed by atoms with Crippen LogP contribution in [-0.2, 0) is 18.3 Å². The Morgan fingerprint density at radius 2 is 2.00 bits per heavy atom. The number of hydrogen-bond donors (Lipinski definition) is 2. The number of aliphatic imine (C=N–C) groups is 1. The van der Waals surface area contributed by atoms with Gasteiger partial charge in [0.2, 0.25) is 0 Å². The van der Waals surface area contributed by atoms with Gasteiger partial charge in [-0.25, -0.2) is 9.98 Å². The van der Waals surface area contributed by atoms with Crippen molar-refractivity contribution in [3.63, 3.8) is 0 Å². The predicted molar refractivity (Wildman–Crippen MR) is 134 cm³/mol. The highest BCUT2D eigenvalue weighted by molar-refractivity contribution is 14.0. The van der Waals surface area contributed by atoms with Crippen LogP contribution in [0.5, 0.6) is 0 Å². The molecule has 2 aromatic heterocycles. The molecule has 10 heteroatoms. The van der Waals surface area contributed by atoms with Gasteiger partial charge in [0.25, 0.3) is 0 Å². The maximum Gasteiger partial charge on any atom is 0.191 e. The number of methoxy groups -OCH3 is 1. The minimum Gasteiger partial charge on any atom is -0.385 e. The van der Waals surface area contributed by atoms with Gasteiger partial charge in [-0.15, -0.1) is 34.2 Å². The Kier molecular flexibility index (Phi) is 10.4. The van der Waals surface area contributed by atoms with E-state index in [-0.39, 0.29) is 24.0 Å². The van der Waals surface area contributed by atoms with Crippen LogP contribution in [0.4, 0.5) is 5.82 Å². The second kappa shape index (κ2) is 12.8. The summed E-state index contributed by atoms with van der Waals surface area (Å²) in [5.41, 5.74) is 1.19. The molecule has 1 fully saturated rings. The van der Waals surface area contributed by atoms with Crippen molar-refractivity contribution < 1.29 is 4.74 Å². The molecule has 0 aliphatic carbocycles. The number of nitrogens with zero attached hydrogens (tertiary/aromatic N) is 6. The lowest BCUT2D eigenvalue weighted by atomic mass is 10.1. The zero-order valence-electron chi connectivity index (χ0n) is 19.0. The summed E-state index contributed by atoms with van der Waals surface area (Å²) in [4.78, 5) is 11.7. The Labute approximate surface area is 202 Å². The smallest absolute Gasteiger partial charge is 0.191 e. The van der Waals surface area contributed by atoms with Gasteiger partial charge in [0, 0.05) is 52.6 Å². The van der Waals surface area contributed by atoms with Crippen molar-refractivity contribution >= 4 is 35.8 Å². The van der Waals surface area contributed by atoms with Crippen molar-refractivity contribution in [3.8, 4) is 0 Å². The fourth-order valence-electron chi connectivity index (χ4n) is 3.41. The minimum absolute atomic E-state index is 0. The third-order valence-electron chi connectivity index (χ3n) is 5.43. The van der Waals surface area contributed by atoms with Crippen molar-refractivity contribution in [1.82, 2.24) is 30.4 Å². The highest BCUT2D eigenvalue weighted by atomic mass is 127. The first-order valence-electron chi connectivity index (χ1n) is 10.6. The second-order valence-corrected chi connectivity index (χ2v) is 7.76. The molecule has 31 heavy (non-hydrogen) atoms. The maximum atomic E-state index is 5.15. The summed E-state index contributed by atoms with van der Waals surface area (Å²) < 4.78 is 7.12. The van der Waals surface area contributed by atoms with E-state index in [1.165, 1.54) is 5.56 Å². The Bertz CT molecular complexity index is 815. The predicted octanol–water partition coefficient (Wildman–Crippen LogP) is 2.19. The molecule has 3 rings (SSSR count). The van der Waals surface area contributed by atoms with Crippen LogP contribution >= 0.6 is 24.0 Å². The molecule has 2 N–H and O–H groups in total. The quantitative estimate of drug-likeness (QED) is 0.229. The van der Waals surface area contributed by atoms with Crippen molar-refractivity contribution in [3.05, 3.63) is 35.5 Å². The van der Waals surface area contributed by atoms with Crippen molar-refractivity contribution in [2.45, 2.75) is 45.7 Å². The number of rotatable bonds is 8. The molecule has 0 amide bonds. The Morgan fingerprint density at radius 3 is 2.61 bits per heavy atom. The average molecular weight is 542 g/mol. The molecular formula is C21H35IN8O. The summed E-state index contributed by atoms with van der Waals surface area (Å²) in [5, 5.41) is 15.4. The molecule has 1 aliphatic heterocycles. The molecule has 172 valence electrons. The van der Waals surface area contributed by atoms with Crippen LogP contribution in [-0.4, -0.2) is 65.1 Å². The van der Waals surface area contributed by atoms with Crippen LogP contribution in [0, 0.1) is 13.8 Å². The van der Waals surface area contributed by atoms with Gasteiger partial charge in [0.1, 0.15) is 18.2 Å². The average Bonchev–Trinajstić information content (AvgIpc) is 3.08. The van der Waals surface area contributed by atoms with Gasteiger partial charge in [0.15, 0.2) is 11.8 Å². The number of halogens is 1. The van der Waals surface area contributed by atoms with Crippen LogP contribution in [0.1, 0.15) is 36.5 Å². The number of guanidine groups is 1. The second-order valence-electron chi connectivity index (χ2n) is 7.76. The first-order valence-corrected chi connectivity index (χ1v) is 10.6. The monoisotopic (exact) mass is 542 g/mol. The van der Waals surface area contributed by atoms with E-state index in [0.29, 0.717) is 12.6 Å². The molecule has 9 nitrogen and oxygen atoms in total. The molecule has 1 saturated heterocycles. The van der Waals surface area contributed by atoms with E-state index in [1.54, 1.807) is 7.11 Å². The minimum atomic E-state index is 0. The van der Waals surface area contributed by atoms with Gasteiger partial charge in [-0.3, -0.25) is 0 Å². The van der Waals surface area contributed by atoms with Crippen LogP contribution in [0.15, 0.2) is 23.3 Å². The highest BCUT2D eigenvalue weighted by Gasteiger charge is 2.21. The van der Waals surface area contributed by atoms with Crippen molar-refractivity contribution in [2.24, 2.45) is 12.0 Å². The fourth-order valence-corrected chi connectivity index (χ4v) is 3.41. The normalized spacial score (nSPS) is 15.0. The number of nitrogens with one attached hydrogen (secondary N) is 2. The first-order chi connectivity index (χ1) is 14.6. The lowest BCUT2D eigenvalue weighted by Gasteiger charge is -2.34. The molecule has 0 unspecified atom stereocenters. The number of hydrogen-bond acceptors (Lipinski definition) is 6. The molecule has 3 heterocycles. The van der Waals surface area contributed by atoms with E-state index in [1.807, 2.05) is 24.7 Å². The van der Waals surface area contributed by atoms with Gasteiger partial charge in [0.05, 0.1) is 0 Å². The van der Waals surface area contributed by atoms with E-state index in [2.05, 4.69) is 49.8 Å². The highest BCUT2D eigenvalue weighted by Crippen LogP contribution is 2.18. The van der Waals surface area contributed by atoms with Gasteiger partial charge in [-0.2, -0.15) is 0 Å². The summed E-state index contributed by atoms with van der Waals surface area (Å²) in [7, 11) is 3.69. The molecule has 1 aliphatic rings. The van der Waals surface area contributed by atoms with Crippen LogP contribution in [0.25, 0.3) is 0 Å². The van der Waals surface area contributed by atoms with Crippen molar-refractivity contribution in [2.75, 3.05) is 38.3 Å². The molecule has 0 bridgehead atoms. The standard InChI is InChI=1S/C21H34N8O.HI/c1-16-6-7-19(23-14-16)29-11-8-18(9-12-29)25-21(22-10-5-13-30-4)24-15-20-27-26-17(2)28(20)3;/h6-7,14,18H,5,8-13,15H2,1-4H3,(H2,22,24,25);1H. The topological polar surface area (TPSA) is 92.5 Å². The third kappa shape index (κ3) is 7.60. The molecule has 0 aromatic carbocycles. The summed E-state index contributed by atoms with van der Waals surface area (Å²) in [6.45, 7) is 7.99. The SMILES string of the molecule is COCCCNC(=NCc1nnc(C)n1C)NC1CCN(c2ccc(C)cn2)CC1.I. The number of aromatic nitrogens is 4. The zero-order chi connectivity index (χ0) is 21.3. The summed E-state index contributed by atoms with van der Waals surface area (Å²) in [6.07, 6.45) is 4.94. The number of ether oxygens (including phenoxy) is 1. The first kappa shape index (κ1) is 25.3. The Morgan fingerprint density at radius 1 is 1.23 bits per heavy atom. The number of anilines is 1. The third-order valence-corrected chi connectivity index (χ3v) is 5.43. The Hall–Kier alpha value is -1.95. The lowest BCUT2D eigenvalue weighted by molar-refractivity contribution is 0.195. The molecule has 0 saturated carbocycles. The van der Waals surface area contributed by atoms with E-state index in [0.717, 1.165) is 68.9 Å². The van der Waals surface area contributed by atoms with E-state index < -0.39 is 0 Å². The fraction of sp³-hybridized carbons (Fsp3) is 0.619. The van der Waals surface area contributed by atoms with Crippen molar-refractivity contribution in [1.29, 1.82) is 0 Å². The van der Waals surface area contributed by atoms with Gasteiger partial charge < -0.3 is 24.8 Å². The number of aryl methyl sites for hydroxylation is 2. The van der Waals surface area contributed by atoms with E-state index >= 15 is 0 Å². The van der Waals surface area contributed by atoms with Gasteiger partial charge in [-0.1, -0.05) is 6.07 Å². The maximum absolute atomic E-state index is 5.15. The van der Waals surface area contributed by atoms with E-state index in [4.69, 9.17) is 9.73 Å². The molecule has 2 aromatic rings. The molecule has 0 spiro atoms. The number of pyridine rings is 1. The lowest BCUT2D eigenvalue weighted by Crippen LogP contribution is -2.49. The van der Waals surface area contributed by atoms with E-state index in [9.17, 15) is 0 Å². The van der Waals surface area contributed by atoms with Crippen LogP contribution in [0.3, 0.4) is 0 Å². The number of piperidine rings is 1. The summed E-state index contributed by atoms with van der Waals surface area (Å²) in [5.74, 6) is 3.62. The molecule has 0 radical (unpaired) electrons. The summed E-state index contributed by atoms with van der Waals surface area (Å²) >= 11 is 0. The molecular weight excluding hydrogens is 507 g/mol. The van der Waals surface area contributed by atoms with Crippen LogP contribution < -0.4 is 15.5 Å². The van der Waals surface area contributed by atoms with Gasteiger partial charge in [-0.05, 0) is 44.7 Å². The largest absolute Gasteiger partial charge is 0.385 e. The Balaban J connectivity index is 0.00000341. The van der Waals surface area contributed by atoms with Gasteiger partial charge >= 0.3 is 0 Å². The zero-order valence-corrected chi connectivity index (χ0v) is 21.3.